The third-order valence-electron chi connectivity index (χ3n) is 5.64. The maximum Gasteiger partial charge on any atom is 0.433 e. The van der Waals surface area contributed by atoms with Crippen molar-refractivity contribution in [2.75, 3.05) is 0 Å². The van der Waals surface area contributed by atoms with Gasteiger partial charge < -0.3 is 9.88 Å². The first-order chi connectivity index (χ1) is 16.0. The molecule has 0 bridgehead atoms. The average molecular weight is 480 g/mol. The van der Waals surface area contributed by atoms with E-state index in [9.17, 15) is 31.1 Å². The van der Waals surface area contributed by atoms with E-state index in [0.29, 0.717) is 16.7 Å². The summed E-state index contributed by atoms with van der Waals surface area (Å²) in [6, 6.07) is 9.42. The first-order valence-corrected chi connectivity index (χ1v) is 10.2. The predicted molar refractivity (Wildman–Crippen MR) is 112 cm³/mol. The van der Waals surface area contributed by atoms with Gasteiger partial charge in [-0.25, -0.2) is 18.2 Å². The van der Waals surface area contributed by atoms with E-state index in [0.717, 1.165) is 22.9 Å². The average Bonchev–Trinajstić information content (AvgIpc) is 3.13. The largest absolute Gasteiger partial charge is 0.433 e. The number of aromatic nitrogens is 2. The van der Waals surface area contributed by atoms with E-state index >= 15 is 0 Å². The smallest absolute Gasteiger partial charge is 0.364 e. The van der Waals surface area contributed by atoms with E-state index in [2.05, 4.69) is 10.3 Å². The normalized spacial score (nSPS) is 20.4. The van der Waals surface area contributed by atoms with E-state index in [-0.39, 0.29) is 5.84 Å². The summed E-state index contributed by atoms with van der Waals surface area (Å²) in [5.74, 6) is -0.272. The number of benzene rings is 1. The molecule has 5 nitrogen and oxygen atoms in total. The van der Waals surface area contributed by atoms with Crippen molar-refractivity contribution >= 4 is 5.84 Å². The number of hydrogen-bond donors (Lipinski definition) is 1. The van der Waals surface area contributed by atoms with Crippen LogP contribution in [-0.2, 0) is 18.3 Å². The molecule has 0 saturated heterocycles. The van der Waals surface area contributed by atoms with Gasteiger partial charge in [0.2, 0.25) is 0 Å². The van der Waals surface area contributed by atoms with Crippen molar-refractivity contribution in [2.24, 2.45) is 4.99 Å². The fraction of sp³-hybridized carbons (Fsp3) is 0.261. The standard InChI is InChI=1S/C23H18F6N4O/c1-13-22(15-3-6-17(24)7-4-15,16-5-8-18(30-10-16)23(27,28)29)32-21(31-13)14-2-9-20(34)33(11-14)12-19(25)26/h2-11,13,19H,12H2,1H3,(H,31,32)/t13-,22?/m0/s1. The Balaban J connectivity index is 1.87. The SMILES string of the molecule is C[C@@H]1NC(c2ccc(=O)n(CC(F)F)c2)=NC1(c1ccc(F)cc1)c1ccc(C(F)(F)F)nc1. The number of nitrogens with zero attached hydrogens (tertiary/aromatic N) is 3. The summed E-state index contributed by atoms with van der Waals surface area (Å²) in [7, 11) is 0. The van der Waals surface area contributed by atoms with Crippen molar-refractivity contribution in [3.63, 3.8) is 0 Å². The van der Waals surface area contributed by atoms with Gasteiger partial charge in [0.05, 0.1) is 12.6 Å². The second kappa shape index (κ2) is 8.62. The Labute approximate surface area is 189 Å². The zero-order chi connectivity index (χ0) is 24.7. The lowest BCUT2D eigenvalue weighted by atomic mass is 9.79. The Morgan fingerprint density at radius 2 is 1.74 bits per heavy atom. The van der Waals surface area contributed by atoms with Crippen LogP contribution < -0.4 is 10.9 Å². The second-order valence-electron chi connectivity index (χ2n) is 7.83. The van der Waals surface area contributed by atoms with Crippen molar-refractivity contribution < 1.29 is 26.3 Å². The van der Waals surface area contributed by atoms with Crippen LogP contribution in [0.4, 0.5) is 26.3 Å². The third kappa shape index (κ3) is 4.29. The zero-order valence-electron chi connectivity index (χ0n) is 17.7. The van der Waals surface area contributed by atoms with Gasteiger partial charge in [0.1, 0.15) is 22.9 Å². The first kappa shape index (κ1) is 23.5. The second-order valence-corrected chi connectivity index (χ2v) is 7.83. The van der Waals surface area contributed by atoms with Crippen molar-refractivity contribution in [1.82, 2.24) is 14.9 Å². The van der Waals surface area contributed by atoms with Gasteiger partial charge in [0, 0.05) is 29.6 Å². The van der Waals surface area contributed by atoms with E-state index in [1.165, 1.54) is 42.6 Å². The molecule has 178 valence electrons. The maximum absolute atomic E-state index is 13.6. The van der Waals surface area contributed by atoms with Crippen molar-refractivity contribution in [1.29, 1.82) is 0 Å². The molecule has 0 spiro atoms. The zero-order valence-corrected chi connectivity index (χ0v) is 17.7. The molecule has 3 aromatic rings. The number of nitrogens with one attached hydrogen (secondary N) is 1. The van der Waals surface area contributed by atoms with Gasteiger partial charge in [0.15, 0.2) is 0 Å². The minimum Gasteiger partial charge on any atom is -0.364 e. The molecule has 1 aliphatic rings. The Hall–Kier alpha value is -3.63. The van der Waals surface area contributed by atoms with Gasteiger partial charge in [-0.3, -0.25) is 9.78 Å². The number of alkyl halides is 5. The predicted octanol–water partition coefficient (Wildman–Crippen LogP) is 4.35. The molecular weight excluding hydrogens is 462 g/mol. The molecule has 1 aliphatic heterocycles. The molecule has 0 saturated carbocycles. The lowest BCUT2D eigenvalue weighted by Crippen LogP contribution is -2.41. The van der Waals surface area contributed by atoms with E-state index in [4.69, 9.17) is 4.99 Å². The highest BCUT2D eigenvalue weighted by Gasteiger charge is 2.46. The van der Waals surface area contributed by atoms with Gasteiger partial charge in [-0.1, -0.05) is 18.2 Å². The Morgan fingerprint density at radius 1 is 1.06 bits per heavy atom. The molecule has 34 heavy (non-hydrogen) atoms. The van der Waals surface area contributed by atoms with Crippen LogP contribution in [-0.4, -0.2) is 27.9 Å². The summed E-state index contributed by atoms with van der Waals surface area (Å²) in [4.78, 5) is 20.2. The van der Waals surface area contributed by atoms with Crippen LogP contribution in [0.15, 0.2) is 70.7 Å². The maximum atomic E-state index is 13.6. The fourth-order valence-corrected chi connectivity index (χ4v) is 4.01. The van der Waals surface area contributed by atoms with Crippen LogP contribution in [0, 0.1) is 5.82 Å². The Morgan fingerprint density at radius 3 is 2.32 bits per heavy atom. The van der Waals surface area contributed by atoms with Gasteiger partial charge in [-0.2, -0.15) is 13.2 Å². The summed E-state index contributed by atoms with van der Waals surface area (Å²) in [6.07, 6.45) is -5.08. The molecule has 2 aromatic heterocycles. The molecule has 1 N–H and O–H groups in total. The lowest BCUT2D eigenvalue weighted by Gasteiger charge is -2.31. The molecule has 1 aromatic carbocycles. The van der Waals surface area contributed by atoms with Crippen LogP contribution in [0.5, 0.6) is 0 Å². The Kier molecular flexibility index (Phi) is 5.96. The molecular formula is C23H18F6N4O. The monoisotopic (exact) mass is 480 g/mol. The summed E-state index contributed by atoms with van der Waals surface area (Å²) in [5, 5.41) is 3.12. The number of aliphatic imine (C=N–C) groups is 1. The van der Waals surface area contributed by atoms with Crippen molar-refractivity contribution in [3.8, 4) is 0 Å². The van der Waals surface area contributed by atoms with Gasteiger partial charge in [0.25, 0.3) is 12.0 Å². The van der Waals surface area contributed by atoms with Crippen LogP contribution >= 0.6 is 0 Å². The first-order valence-electron chi connectivity index (χ1n) is 10.2. The number of hydrogen-bond acceptors (Lipinski definition) is 4. The van der Waals surface area contributed by atoms with Gasteiger partial charge >= 0.3 is 6.18 Å². The number of amidine groups is 1. The van der Waals surface area contributed by atoms with Crippen LogP contribution in [0.2, 0.25) is 0 Å². The van der Waals surface area contributed by atoms with Crippen molar-refractivity contribution in [3.05, 3.63) is 99.5 Å². The van der Waals surface area contributed by atoms with E-state index in [1.807, 2.05) is 0 Å². The summed E-state index contributed by atoms with van der Waals surface area (Å²) >= 11 is 0. The van der Waals surface area contributed by atoms with E-state index < -0.39 is 47.8 Å². The lowest BCUT2D eigenvalue weighted by molar-refractivity contribution is -0.141. The van der Waals surface area contributed by atoms with Gasteiger partial charge in [-0.05, 0) is 36.8 Å². The molecule has 0 fully saturated rings. The highest BCUT2D eigenvalue weighted by Crippen LogP contribution is 2.41. The van der Waals surface area contributed by atoms with E-state index in [1.54, 1.807) is 6.92 Å². The molecule has 4 rings (SSSR count). The minimum absolute atomic E-state index is 0.236. The molecule has 0 radical (unpaired) electrons. The topological polar surface area (TPSA) is 59.3 Å². The molecule has 2 atom stereocenters. The number of rotatable bonds is 5. The molecule has 0 aliphatic carbocycles. The van der Waals surface area contributed by atoms with Crippen LogP contribution in [0.25, 0.3) is 0 Å². The highest BCUT2D eigenvalue weighted by atomic mass is 19.4. The third-order valence-corrected chi connectivity index (χ3v) is 5.64. The molecule has 0 amide bonds. The minimum atomic E-state index is -4.63. The van der Waals surface area contributed by atoms with Gasteiger partial charge in [-0.15, -0.1) is 0 Å². The van der Waals surface area contributed by atoms with Crippen LogP contribution in [0.3, 0.4) is 0 Å². The molecule has 11 heteroatoms. The highest BCUT2D eigenvalue weighted by molar-refractivity contribution is 6.00. The Bertz CT molecular complexity index is 1270. The molecule has 1 unspecified atom stereocenters. The summed E-state index contributed by atoms with van der Waals surface area (Å²) in [6.45, 7) is 0.925. The quantitative estimate of drug-likeness (QED) is 0.553. The van der Waals surface area contributed by atoms with Crippen LogP contribution in [0.1, 0.15) is 29.3 Å². The summed E-state index contributed by atoms with van der Waals surface area (Å²) in [5.41, 5.74) is -1.88. The number of pyridine rings is 2. The summed E-state index contributed by atoms with van der Waals surface area (Å²) < 4.78 is 79.4. The molecule has 3 heterocycles. The van der Waals surface area contributed by atoms with Crippen molar-refractivity contribution in [2.45, 2.75) is 37.7 Å². The fourth-order valence-electron chi connectivity index (χ4n) is 4.01. The number of halogens is 6.